The maximum atomic E-state index is 12.4. The zero-order valence-electron chi connectivity index (χ0n) is 14.5. The molecule has 1 amide bonds. The fraction of sp³-hybridized carbons (Fsp3) is 0.278. The van der Waals surface area contributed by atoms with Crippen molar-refractivity contribution in [2.24, 2.45) is 0 Å². The van der Waals surface area contributed by atoms with Crippen LogP contribution in [0.2, 0.25) is 10.0 Å². The molecule has 0 aliphatic heterocycles. The van der Waals surface area contributed by atoms with Gasteiger partial charge in [-0.25, -0.2) is 9.67 Å². The number of anilines is 1. The highest BCUT2D eigenvalue weighted by Gasteiger charge is 2.17. The van der Waals surface area contributed by atoms with Gasteiger partial charge in [0.05, 0.1) is 23.1 Å². The van der Waals surface area contributed by atoms with Crippen LogP contribution in [-0.2, 0) is 4.79 Å². The first kappa shape index (κ1) is 18.5. The molecule has 2 aromatic heterocycles. The lowest BCUT2D eigenvalue weighted by atomic mass is 10.3. The Hall–Kier alpha value is -2.31. The molecule has 3 aromatic rings. The van der Waals surface area contributed by atoms with Crippen LogP contribution >= 0.6 is 23.2 Å². The molecule has 3 rings (SSSR count). The van der Waals surface area contributed by atoms with Crippen molar-refractivity contribution in [2.75, 3.05) is 5.32 Å². The first-order chi connectivity index (χ1) is 12.3. The van der Waals surface area contributed by atoms with Crippen LogP contribution in [0.25, 0.3) is 11.0 Å². The number of ether oxygens (including phenoxy) is 1. The first-order valence-electron chi connectivity index (χ1n) is 8.11. The number of carbonyl (C=O) groups excluding carboxylic acids is 1. The molecule has 26 heavy (non-hydrogen) atoms. The Labute approximate surface area is 161 Å². The number of amides is 1. The van der Waals surface area contributed by atoms with Gasteiger partial charge in [-0.1, -0.05) is 23.2 Å². The summed E-state index contributed by atoms with van der Waals surface area (Å²) >= 11 is 11.9. The van der Waals surface area contributed by atoms with Gasteiger partial charge in [0, 0.05) is 16.5 Å². The molecule has 2 heterocycles. The van der Waals surface area contributed by atoms with Gasteiger partial charge in [-0.3, -0.25) is 4.79 Å². The summed E-state index contributed by atoms with van der Waals surface area (Å²) in [5, 5.41) is 8.81. The second kappa shape index (κ2) is 7.51. The summed E-state index contributed by atoms with van der Waals surface area (Å²) in [5.41, 5.74) is 1.35. The van der Waals surface area contributed by atoms with Gasteiger partial charge in [0.1, 0.15) is 5.75 Å². The third-order valence-electron chi connectivity index (χ3n) is 3.76. The maximum Gasteiger partial charge on any atom is 0.265 e. The molecule has 1 unspecified atom stereocenters. The van der Waals surface area contributed by atoms with Crippen LogP contribution < -0.4 is 10.1 Å². The fourth-order valence-corrected chi connectivity index (χ4v) is 2.90. The lowest BCUT2D eigenvalue weighted by Crippen LogP contribution is -2.30. The van der Waals surface area contributed by atoms with E-state index in [2.05, 4.69) is 15.4 Å². The van der Waals surface area contributed by atoms with E-state index in [-0.39, 0.29) is 11.9 Å². The SMILES string of the molecule is CC(Oc1ccc(Cl)cc1Cl)C(=O)Nc1cnc2c(cnn2C(C)C)c1. The van der Waals surface area contributed by atoms with E-state index in [1.54, 1.807) is 37.5 Å². The molecule has 6 nitrogen and oxygen atoms in total. The monoisotopic (exact) mass is 392 g/mol. The molecule has 1 N–H and O–H groups in total. The number of halogens is 2. The Bertz CT molecular complexity index is 956. The third kappa shape index (κ3) is 3.92. The van der Waals surface area contributed by atoms with E-state index in [4.69, 9.17) is 27.9 Å². The molecule has 0 aliphatic carbocycles. The minimum Gasteiger partial charge on any atom is -0.479 e. The lowest BCUT2D eigenvalue weighted by molar-refractivity contribution is -0.122. The average molecular weight is 393 g/mol. The number of nitrogens with one attached hydrogen (secondary N) is 1. The van der Waals surface area contributed by atoms with Crippen molar-refractivity contribution in [3.05, 3.63) is 46.7 Å². The van der Waals surface area contributed by atoms with E-state index >= 15 is 0 Å². The highest BCUT2D eigenvalue weighted by Crippen LogP contribution is 2.28. The summed E-state index contributed by atoms with van der Waals surface area (Å²) in [5.74, 6) is 0.0823. The summed E-state index contributed by atoms with van der Waals surface area (Å²) in [6, 6.07) is 6.87. The van der Waals surface area contributed by atoms with Crippen LogP contribution in [0.5, 0.6) is 5.75 Å². The van der Waals surface area contributed by atoms with Crippen molar-refractivity contribution in [1.29, 1.82) is 0 Å². The van der Waals surface area contributed by atoms with Crippen molar-refractivity contribution in [3.8, 4) is 5.75 Å². The van der Waals surface area contributed by atoms with Crippen LogP contribution in [0.15, 0.2) is 36.7 Å². The van der Waals surface area contributed by atoms with E-state index in [1.165, 1.54) is 0 Å². The zero-order valence-corrected chi connectivity index (χ0v) is 16.0. The minimum absolute atomic E-state index is 0.206. The van der Waals surface area contributed by atoms with Crippen LogP contribution in [0.1, 0.15) is 26.8 Å². The predicted octanol–water partition coefficient (Wildman–Crippen LogP) is 4.73. The standard InChI is InChI=1S/C18H18Cl2N4O2/c1-10(2)24-17-12(8-22-24)6-14(9-21-17)23-18(25)11(3)26-16-5-4-13(19)7-15(16)20/h4-11H,1-3H3,(H,23,25). The van der Waals surface area contributed by atoms with E-state index in [0.29, 0.717) is 21.5 Å². The Morgan fingerprint density at radius 1 is 1.19 bits per heavy atom. The number of nitrogens with zero attached hydrogens (tertiary/aromatic N) is 3. The predicted molar refractivity (Wildman–Crippen MR) is 103 cm³/mol. The molecule has 8 heteroatoms. The lowest BCUT2D eigenvalue weighted by Gasteiger charge is -2.15. The van der Waals surface area contributed by atoms with Gasteiger partial charge < -0.3 is 10.1 Å². The molecule has 0 radical (unpaired) electrons. The second-order valence-corrected chi connectivity index (χ2v) is 6.99. The third-order valence-corrected chi connectivity index (χ3v) is 4.29. The van der Waals surface area contributed by atoms with Crippen molar-refractivity contribution in [3.63, 3.8) is 0 Å². The highest BCUT2D eigenvalue weighted by molar-refractivity contribution is 6.35. The number of hydrogen-bond donors (Lipinski definition) is 1. The van der Waals surface area contributed by atoms with Gasteiger partial charge in [0.2, 0.25) is 0 Å². The van der Waals surface area contributed by atoms with Crippen molar-refractivity contribution in [2.45, 2.75) is 32.9 Å². The van der Waals surface area contributed by atoms with E-state index in [1.807, 2.05) is 24.6 Å². The van der Waals surface area contributed by atoms with Gasteiger partial charge in [-0.15, -0.1) is 0 Å². The topological polar surface area (TPSA) is 69.0 Å². The fourth-order valence-electron chi connectivity index (χ4n) is 2.44. The number of aromatic nitrogens is 3. The molecule has 0 saturated heterocycles. The molecule has 0 fully saturated rings. The summed E-state index contributed by atoms with van der Waals surface area (Å²) in [6.45, 7) is 5.71. The molecular weight excluding hydrogens is 375 g/mol. The highest BCUT2D eigenvalue weighted by atomic mass is 35.5. The smallest absolute Gasteiger partial charge is 0.265 e. The number of hydrogen-bond acceptors (Lipinski definition) is 4. The molecule has 0 aliphatic rings. The number of rotatable bonds is 5. The van der Waals surface area contributed by atoms with Crippen molar-refractivity contribution in [1.82, 2.24) is 14.8 Å². The van der Waals surface area contributed by atoms with Crippen LogP contribution in [0.3, 0.4) is 0 Å². The Balaban J connectivity index is 1.71. The van der Waals surface area contributed by atoms with Crippen molar-refractivity contribution >= 4 is 45.8 Å². The number of benzene rings is 1. The van der Waals surface area contributed by atoms with Gasteiger partial charge in [0.25, 0.3) is 5.91 Å². The van der Waals surface area contributed by atoms with Gasteiger partial charge in [0.15, 0.2) is 11.8 Å². The molecule has 0 spiro atoms. The summed E-state index contributed by atoms with van der Waals surface area (Å²) in [7, 11) is 0. The second-order valence-electron chi connectivity index (χ2n) is 6.14. The molecule has 0 saturated carbocycles. The zero-order chi connectivity index (χ0) is 18.8. The molecular formula is C18H18Cl2N4O2. The summed E-state index contributed by atoms with van der Waals surface area (Å²) < 4.78 is 7.45. The van der Waals surface area contributed by atoms with Crippen LogP contribution in [0.4, 0.5) is 5.69 Å². The van der Waals surface area contributed by atoms with E-state index < -0.39 is 6.10 Å². The summed E-state index contributed by atoms with van der Waals surface area (Å²) in [4.78, 5) is 16.8. The normalized spacial score (nSPS) is 12.4. The minimum atomic E-state index is -0.747. The summed E-state index contributed by atoms with van der Waals surface area (Å²) in [6.07, 6.45) is 2.58. The van der Waals surface area contributed by atoms with Crippen LogP contribution in [0, 0.1) is 0 Å². The first-order valence-corrected chi connectivity index (χ1v) is 8.86. The van der Waals surface area contributed by atoms with E-state index in [0.717, 1.165) is 11.0 Å². The average Bonchev–Trinajstić information content (AvgIpc) is 3.00. The Morgan fingerprint density at radius 2 is 1.96 bits per heavy atom. The van der Waals surface area contributed by atoms with Gasteiger partial charge in [-0.05, 0) is 45.0 Å². The van der Waals surface area contributed by atoms with Gasteiger partial charge >= 0.3 is 0 Å². The quantitative estimate of drug-likeness (QED) is 0.681. The van der Waals surface area contributed by atoms with Crippen molar-refractivity contribution < 1.29 is 9.53 Å². The Kier molecular flexibility index (Phi) is 5.34. The maximum absolute atomic E-state index is 12.4. The largest absolute Gasteiger partial charge is 0.479 e. The number of fused-ring (bicyclic) bond motifs is 1. The molecule has 136 valence electrons. The number of pyridine rings is 1. The number of carbonyl (C=O) groups is 1. The van der Waals surface area contributed by atoms with Gasteiger partial charge in [-0.2, -0.15) is 5.10 Å². The van der Waals surface area contributed by atoms with Crippen LogP contribution in [-0.4, -0.2) is 26.8 Å². The molecule has 0 bridgehead atoms. The molecule has 1 atom stereocenters. The van der Waals surface area contributed by atoms with E-state index in [9.17, 15) is 4.79 Å². The Morgan fingerprint density at radius 3 is 2.65 bits per heavy atom. The molecule has 1 aromatic carbocycles.